The molecule has 3 heterocycles. The number of nitrogens with one attached hydrogen (secondary N) is 3. The normalized spacial score (nSPS) is 13.1. The van der Waals surface area contributed by atoms with E-state index >= 15 is 0 Å². The van der Waals surface area contributed by atoms with E-state index in [9.17, 15) is 14.4 Å². The smallest absolute Gasteiger partial charge is 0.262 e. The summed E-state index contributed by atoms with van der Waals surface area (Å²) in [7, 11) is 0. The molecule has 0 atom stereocenters. The lowest BCUT2D eigenvalue weighted by Crippen LogP contribution is -2.25. The van der Waals surface area contributed by atoms with Gasteiger partial charge in [-0.1, -0.05) is 0 Å². The molecule has 0 saturated heterocycles. The SMILES string of the molecule is Cc1oc2nc[nH]c(=O)c2c1C(=O)Nc1ccc2c(c1)NC(=O)CO2. The molecule has 2 aromatic heterocycles. The molecule has 0 radical (unpaired) electrons. The van der Waals surface area contributed by atoms with E-state index in [1.54, 1.807) is 25.1 Å². The number of hydrogen-bond acceptors (Lipinski definition) is 6. The molecule has 0 unspecified atom stereocenters. The average Bonchev–Trinajstić information content (AvgIpc) is 2.92. The van der Waals surface area contributed by atoms with Gasteiger partial charge in [-0.3, -0.25) is 14.4 Å². The summed E-state index contributed by atoms with van der Waals surface area (Å²) in [5.74, 6) is 0.0116. The van der Waals surface area contributed by atoms with Crippen molar-refractivity contribution in [1.82, 2.24) is 9.97 Å². The fourth-order valence-electron chi connectivity index (χ4n) is 2.68. The minimum Gasteiger partial charge on any atom is -0.482 e. The van der Waals surface area contributed by atoms with Crippen LogP contribution in [0, 0.1) is 6.92 Å². The first-order valence-electron chi connectivity index (χ1n) is 7.38. The molecule has 1 aliphatic heterocycles. The van der Waals surface area contributed by atoms with E-state index in [1.807, 2.05) is 0 Å². The van der Waals surface area contributed by atoms with Crippen LogP contribution in [0.15, 0.2) is 33.7 Å². The van der Waals surface area contributed by atoms with Crippen LogP contribution in [0.1, 0.15) is 16.1 Å². The molecule has 1 aromatic carbocycles. The molecule has 3 aromatic rings. The molecule has 9 nitrogen and oxygen atoms in total. The summed E-state index contributed by atoms with van der Waals surface area (Å²) >= 11 is 0. The highest BCUT2D eigenvalue weighted by atomic mass is 16.5. The summed E-state index contributed by atoms with van der Waals surface area (Å²) in [4.78, 5) is 42.4. The number of furan rings is 1. The summed E-state index contributed by atoms with van der Waals surface area (Å²) in [6.45, 7) is 1.53. The van der Waals surface area contributed by atoms with E-state index in [0.29, 0.717) is 17.1 Å². The number of amides is 2. The molecule has 126 valence electrons. The van der Waals surface area contributed by atoms with Gasteiger partial charge in [-0.25, -0.2) is 4.98 Å². The standard InChI is InChI=1S/C16H12N4O5/c1-7-12(13-14(22)17-6-18-16(13)25-7)15(23)19-8-2-3-10-9(4-8)20-11(21)5-24-10/h2-4,6H,5H2,1H3,(H,19,23)(H,20,21)(H,17,18,22). The summed E-state index contributed by atoms with van der Waals surface area (Å²) in [5, 5.41) is 5.43. The van der Waals surface area contributed by atoms with E-state index < -0.39 is 11.5 Å². The predicted octanol–water partition coefficient (Wildman–Crippen LogP) is 1.41. The van der Waals surface area contributed by atoms with E-state index in [1.165, 1.54) is 6.33 Å². The van der Waals surface area contributed by atoms with E-state index in [4.69, 9.17) is 9.15 Å². The molecule has 2 amide bonds. The van der Waals surface area contributed by atoms with Crippen LogP contribution in [-0.2, 0) is 4.79 Å². The Bertz CT molecular complexity index is 1080. The number of fused-ring (bicyclic) bond motifs is 2. The van der Waals surface area contributed by atoms with Crippen molar-refractivity contribution in [2.45, 2.75) is 6.92 Å². The Kier molecular flexibility index (Phi) is 3.27. The fourth-order valence-corrected chi connectivity index (χ4v) is 2.68. The van der Waals surface area contributed by atoms with Gasteiger partial charge < -0.3 is 24.8 Å². The van der Waals surface area contributed by atoms with Crippen molar-refractivity contribution in [3.8, 4) is 5.75 Å². The van der Waals surface area contributed by atoms with E-state index in [2.05, 4.69) is 20.6 Å². The highest BCUT2D eigenvalue weighted by Gasteiger charge is 2.22. The number of benzene rings is 1. The predicted molar refractivity (Wildman–Crippen MR) is 87.9 cm³/mol. The number of aryl methyl sites for hydroxylation is 1. The molecular formula is C16H12N4O5. The number of anilines is 2. The number of carbonyl (C=O) groups is 2. The lowest BCUT2D eigenvalue weighted by molar-refractivity contribution is -0.118. The van der Waals surface area contributed by atoms with Crippen molar-refractivity contribution in [2.24, 2.45) is 0 Å². The van der Waals surface area contributed by atoms with Gasteiger partial charge in [-0.2, -0.15) is 0 Å². The molecule has 4 rings (SSSR count). The second-order valence-corrected chi connectivity index (χ2v) is 5.45. The first-order chi connectivity index (χ1) is 12.0. The largest absolute Gasteiger partial charge is 0.482 e. The maximum absolute atomic E-state index is 12.6. The van der Waals surface area contributed by atoms with Crippen LogP contribution in [-0.4, -0.2) is 28.4 Å². The van der Waals surface area contributed by atoms with Crippen molar-refractivity contribution in [3.05, 3.63) is 46.2 Å². The Morgan fingerprint density at radius 3 is 3.00 bits per heavy atom. The molecule has 0 bridgehead atoms. The maximum Gasteiger partial charge on any atom is 0.262 e. The van der Waals surface area contributed by atoms with Gasteiger partial charge in [0.15, 0.2) is 6.61 Å². The molecule has 3 N–H and O–H groups in total. The number of hydrogen-bond donors (Lipinski definition) is 3. The molecule has 25 heavy (non-hydrogen) atoms. The monoisotopic (exact) mass is 340 g/mol. The molecule has 1 aliphatic rings. The van der Waals surface area contributed by atoms with Gasteiger partial charge >= 0.3 is 0 Å². The molecule has 0 fully saturated rings. The zero-order valence-electron chi connectivity index (χ0n) is 13.0. The van der Waals surface area contributed by atoms with Gasteiger partial charge in [0.1, 0.15) is 16.9 Å². The number of ether oxygens (including phenoxy) is 1. The Morgan fingerprint density at radius 2 is 2.16 bits per heavy atom. The van der Waals surface area contributed by atoms with Crippen LogP contribution < -0.4 is 20.9 Å². The Labute approximate surface area is 140 Å². The van der Waals surface area contributed by atoms with E-state index in [0.717, 1.165) is 0 Å². The minimum atomic E-state index is -0.516. The van der Waals surface area contributed by atoms with Crippen LogP contribution in [0.4, 0.5) is 11.4 Å². The number of carbonyl (C=O) groups excluding carboxylic acids is 2. The van der Waals surface area contributed by atoms with Crippen LogP contribution in [0.25, 0.3) is 11.1 Å². The Hall–Kier alpha value is -3.62. The number of rotatable bonds is 2. The first-order valence-corrected chi connectivity index (χ1v) is 7.38. The molecule has 0 aliphatic carbocycles. The minimum absolute atomic E-state index is 0.0469. The van der Waals surface area contributed by atoms with Crippen molar-refractivity contribution in [3.63, 3.8) is 0 Å². The van der Waals surface area contributed by atoms with Crippen LogP contribution in [0.5, 0.6) is 5.75 Å². The van der Waals surface area contributed by atoms with Crippen molar-refractivity contribution in [1.29, 1.82) is 0 Å². The van der Waals surface area contributed by atoms with Crippen molar-refractivity contribution in [2.75, 3.05) is 17.2 Å². The second kappa shape index (κ2) is 5.48. The lowest BCUT2D eigenvalue weighted by atomic mass is 10.1. The number of aromatic nitrogens is 2. The first kappa shape index (κ1) is 14.9. The number of H-pyrrole nitrogens is 1. The average molecular weight is 340 g/mol. The Balaban J connectivity index is 1.70. The Morgan fingerprint density at radius 1 is 1.32 bits per heavy atom. The van der Waals surface area contributed by atoms with Crippen LogP contribution in [0.3, 0.4) is 0 Å². The number of nitrogens with zero attached hydrogens (tertiary/aromatic N) is 1. The maximum atomic E-state index is 12.6. The van der Waals surface area contributed by atoms with Gasteiger partial charge in [-0.15, -0.1) is 0 Å². The number of aromatic amines is 1. The third-order valence-corrected chi connectivity index (χ3v) is 3.77. The molecule has 9 heteroatoms. The quantitative estimate of drug-likeness (QED) is 0.647. The topological polar surface area (TPSA) is 126 Å². The lowest BCUT2D eigenvalue weighted by Gasteiger charge is -2.18. The third-order valence-electron chi connectivity index (χ3n) is 3.77. The van der Waals surface area contributed by atoms with Gasteiger partial charge in [0, 0.05) is 5.69 Å². The summed E-state index contributed by atoms with van der Waals surface area (Å²) in [6, 6.07) is 4.85. The van der Waals surface area contributed by atoms with Crippen molar-refractivity contribution < 1.29 is 18.7 Å². The summed E-state index contributed by atoms with van der Waals surface area (Å²) in [6.07, 6.45) is 1.21. The molecular weight excluding hydrogens is 328 g/mol. The fraction of sp³-hybridized carbons (Fsp3) is 0.125. The molecule has 0 spiro atoms. The summed E-state index contributed by atoms with van der Waals surface area (Å²) in [5.41, 5.74) is 0.643. The van der Waals surface area contributed by atoms with Gasteiger partial charge in [0.2, 0.25) is 5.71 Å². The van der Waals surface area contributed by atoms with Gasteiger partial charge in [-0.05, 0) is 25.1 Å². The highest BCUT2D eigenvalue weighted by Crippen LogP contribution is 2.31. The molecule has 0 saturated carbocycles. The van der Waals surface area contributed by atoms with Crippen molar-refractivity contribution >= 4 is 34.3 Å². The van der Waals surface area contributed by atoms with E-state index in [-0.39, 0.29) is 34.9 Å². The third kappa shape index (κ3) is 2.51. The van der Waals surface area contributed by atoms with Gasteiger partial charge in [0.25, 0.3) is 17.4 Å². The zero-order valence-corrected chi connectivity index (χ0v) is 13.0. The van der Waals surface area contributed by atoms with Crippen LogP contribution >= 0.6 is 0 Å². The van der Waals surface area contributed by atoms with Crippen LogP contribution in [0.2, 0.25) is 0 Å². The van der Waals surface area contributed by atoms with Gasteiger partial charge in [0.05, 0.1) is 17.6 Å². The highest BCUT2D eigenvalue weighted by molar-refractivity contribution is 6.13. The summed E-state index contributed by atoms with van der Waals surface area (Å²) < 4.78 is 10.6. The second-order valence-electron chi connectivity index (χ2n) is 5.45. The zero-order chi connectivity index (χ0) is 17.6.